The van der Waals surface area contributed by atoms with Crippen LogP contribution in [0.2, 0.25) is 0 Å². The van der Waals surface area contributed by atoms with Crippen LogP contribution in [0.3, 0.4) is 0 Å². The molecule has 0 aliphatic carbocycles. The zero-order chi connectivity index (χ0) is 13.0. The molecule has 0 saturated carbocycles. The quantitative estimate of drug-likeness (QED) is 0.856. The number of halogens is 1. The Labute approximate surface area is 108 Å². The molecule has 94 valence electrons. The SMILES string of the molecule is CC(C)NCc1ccc(F)c(-c2ccccc2)c1. The Morgan fingerprint density at radius 2 is 1.78 bits per heavy atom. The largest absolute Gasteiger partial charge is 0.310 e. The molecule has 0 amide bonds. The maximum absolute atomic E-state index is 13.8. The highest BCUT2D eigenvalue weighted by atomic mass is 19.1. The van der Waals surface area contributed by atoms with E-state index in [9.17, 15) is 4.39 Å². The molecule has 1 nitrogen and oxygen atoms in total. The lowest BCUT2D eigenvalue weighted by molar-refractivity contribution is 0.586. The van der Waals surface area contributed by atoms with E-state index in [1.807, 2.05) is 42.5 Å². The van der Waals surface area contributed by atoms with Crippen molar-refractivity contribution in [1.29, 1.82) is 0 Å². The molecule has 0 bridgehead atoms. The Morgan fingerprint density at radius 3 is 2.44 bits per heavy atom. The molecule has 2 rings (SSSR count). The van der Waals surface area contributed by atoms with Gasteiger partial charge in [0.05, 0.1) is 0 Å². The summed E-state index contributed by atoms with van der Waals surface area (Å²) in [6.07, 6.45) is 0. The van der Waals surface area contributed by atoms with E-state index >= 15 is 0 Å². The maximum atomic E-state index is 13.8. The first-order valence-corrected chi connectivity index (χ1v) is 6.24. The van der Waals surface area contributed by atoms with Crippen molar-refractivity contribution >= 4 is 0 Å². The van der Waals surface area contributed by atoms with Crippen molar-refractivity contribution in [3.63, 3.8) is 0 Å². The molecule has 2 aromatic carbocycles. The van der Waals surface area contributed by atoms with Gasteiger partial charge in [-0.05, 0) is 23.3 Å². The van der Waals surface area contributed by atoms with E-state index in [1.54, 1.807) is 6.07 Å². The lowest BCUT2D eigenvalue weighted by atomic mass is 10.0. The van der Waals surface area contributed by atoms with Crippen molar-refractivity contribution in [3.05, 3.63) is 59.9 Å². The second kappa shape index (κ2) is 5.78. The molecule has 0 aromatic heterocycles. The summed E-state index contributed by atoms with van der Waals surface area (Å²) in [5.74, 6) is -0.172. The minimum absolute atomic E-state index is 0.172. The summed E-state index contributed by atoms with van der Waals surface area (Å²) >= 11 is 0. The van der Waals surface area contributed by atoms with Crippen LogP contribution in [0, 0.1) is 5.82 Å². The molecule has 2 aromatic rings. The molecule has 0 fully saturated rings. The maximum Gasteiger partial charge on any atom is 0.131 e. The molecule has 0 aliphatic heterocycles. The fourth-order valence-corrected chi connectivity index (χ4v) is 1.84. The smallest absolute Gasteiger partial charge is 0.131 e. The van der Waals surface area contributed by atoms with E-state index in [1.165, 1.54) is 0 Å². The molecule has 0 saturated heterocycles. The third kappa shape index (κ3) is 3.17. The van der Waals surface area contributed by atoms with Crippen LogP contribution in [0.4, 0.5) is 4.39 Å². The van der Waals surface area contributed by atoms with E-state index in [0.717, 1.165) is 17.7 Å². The monoisotopic (exact) mass is 243 g/mol. The molecule has 0 spiro atoms. The van der Waals surface area contributed by atoms with Gasteiger partial charge in [-0.15, -0.1) is 0 Å². The molecule has 18 heavy (non-hydrogen) atoms. The van der Waals surface area contributed by atoms with Crippen LogP contribution >= 0.6 is 0 Å². The highest BCUT2D eigenvalue weighted by Gasteiger charge is 2.06. The summed E-state index contributed by atoms with van der Waals surface area (Å²) in [4.78, 5) is 0. The third-order valence-corrected chi connectivity index (χ3v) is 2.83. The van der Waals surface area contributed by atoms with Gasteiger partial charge in [-0.3, -0.25) is 0 Å². The summed E-state index contributed by atoms with van der Waals surface area (Å²) in [6.45, 7) is 4.96. The van der Waals surface area contributed by atoms with Crippen molar-refractivity contribution in [3.8, 4) is 11.1 Å². The van der Waals surface area contributed by atoms with Gasteiger partial charge in [0.15, 0.2) is 0 Å². The average Bonchev–Trinajstić information content (AvgIpc) is 2.38. The van der Waals surface area contributed by atoms with Crippen molar-refractivity contribution in [1.82, 2.24) is 5.32 Å². The van der Waals surface area contributed by atoms with Crippen LogP contribution in [-0.4, -0.2) is 6.04 Å². The third-order valence-electron chi connectivity index (χ3n) is 2.83. The Morgan fingerprint density at radius 1 is 1.06 bits per heavy atom. The predicted octanol–water partition coefficient (Wildman–Crippen LogP) is 3.99. The van der Waals surface area contributed by atoms with Crippen molar-refractivity contribution in [2.75, 3.05) is 0 Å². The highest BCUT2D eigenvalue weighted by molar-refractivity contribution is 5.64. The molecule has 1 N–H and O–H groups in total. The van der Waals surface area contributed by atoms with Gasteiger partial charge in [-0.2, -0.15) is 0 Å². The van der Waals surface area contributed by atoms with E-state index in [-0.39, 0.29) is 5.82 Å². The molecule has 0 aliphatic rings. The van der Waals surface area contributed by atoms with Gasteiger partial charge in [-0.25, -0.2) is 4.39 Å². The number of hydrogen-bond donors (Lipinski definition) is 1. The fourth-order valence-electron chi connectivity index (χ4n) is 1.84. The first-order chi connectivity index (χ1) is 8.66. The molecular weight excluding hydrogens is 225 g/mol. The Balaban J connectivity index is 2.27. The Bertz CT molecular complexity index is 506. The first-order valence-electron chi connectivity index (χ1n) is 6.24. The molecule has 0 unspecified atom stereocenters. The topological polar surface area (TPSA) is 12.0 Å². The second-order valence-electron chi connectivity index (χ2n) is 4.72. The van der Waals surface area contributed by atoms with Crippen molar-refractivity contribution in [2.45, 2.75) is 26.4 Å². The van der Waals surface area contributed by atoms with Gasteiger partial charge in [-0.1, -0.05) is 50.2 Å². The molecule has 0 heterocycles. The van der Waals surface area contributed by atoms with Gasteiger partial charge < -0.3 is 5.32 Å². The number of rotatable bonds is 4. The van der Waals surface area contributed by atoms with E-state index in [2.05, 4.69) is 19.2 Å². The fraction of sp³-hybridized carbons (Fsp3) is 0.250. The van der Waals surface area contributed by atoms with Crippen LogP contribution in [-0.2, 0) is 6.54 Å². The van der Waals surface area contributed by atoms with Crippen LogP contribution in [0.5, 0.6) is 0 Å². The summed E-state index contributed by atoms with van der Waals surface area (Å²) in [5.41, 5.74) is 2.68. The molecule has 0 atom stereocenters. The zero-order valence-electron chi connectivity index (χ0n) is 10.8. The first kappa shape index (κ1) is 12.8. The lowest BCUT2D eigenvalue weighted by Gasteiger charge is -2.10. The van der Waals surface area contributed by atoms with Gasteiger partial charge in [0, 0.05) is 18.2 Å². The van der Waals surface area contributed by atoms with Crippen LogP contribution in [0.25, 0.3) is 11.1 Å². The summed E-state index contributed by atoms with van der Waals surface area (Å²) in [5, 5.41) is 3.34. The number of hydrogen-bond acceptors (Lipinski definition) is 1. The number of nitrogens with one attached hydrogen (secondary N) is 1. The minimum Gasteiger partial charge on any atom is -0.310 e. The van der Waals surface area contributed by atoms with Gasteiger partial charge in [0.25, 0.3) is 0 Å². The van der Waals surface area contributed by atoms with E-state index in [0.29, 0.717) is 11.6 Å². The average molecular weight is 243 g/mol. The Hall–Kier alpha value is -1.67. The van der Waals surface area contributed by atoms with Gasteiger partial charge in [0.2, 0.25) is 0 Å². The summed E-state index contributed by atoms with van der Waals surface area (Å²) in [6, 6.07) is 15.4. The summed E-state index contributed by atoms with van der Waals surface area (Å²) in [7, 11) is 0. The van der Waals surface area contributed by atoms with Crippen LogP contribution in [0.1, 0.15) is 19.4 Å². The van der Waals surface area contributed by atoms with Gasteiger partial charge >= 0.3 is 0 Å². The molecule has 0 radical (unpaired) electrons. The standard InChI is InChI=1S/C16H18FN/c1-12(2)18-11-13-8-9-16(17)15(10-13)14-6-4-3-5-7-14/h3-10,12,18H,11H2,1-2H3. The molecular formula is C16H18FN. The lowest BCUT2D eigenvalue weighted by Crippen LogP contribution is -2.21. The predicted molar refractivity (Wildman–Crippen MR) is 73.8 cm³/mol. The van der Waals surface area contributed by atoms with E-state index in [4.69, 9.17) is 0 Å². The second-order valence-corrected chi connectivity index (χ2v) is 4.72. The van der Waals surface area contributed by atoms with Crippen molar-refractivity contribution in [2.24, 2.45) is 0 Å². The van der Waals surface area contributed by atoms with Gasteiger partial charge in [0.1, 0.15) is 5.82 Å². The normalized spacial score (nSPS) is 10.9. The number of benzene rings is 2. The highest BCUT2D eigenvalue weighted by Crippen LogP contribution is 2.23. The van der Waals surface area contributed by atoms with Crippen molar-refractivity contribution < 1.29 is 4.39 Å². The van der Waals surface area contributed by atoms with E-state index < -0.39 is 0 Å². The Kier molecular flexibility index (Phi) is 4.11. The van der Waals surface area contributed by atoms with Crippen LogP contribution in [0.15, 0.2) is 48.5 Å². The zero-order valence-corrected chi connectivity index (χ0v) is 10.8. The van der Waals surface area contributed by atoms with Crippen LogP contribution < -0.4 is 5.32 Å². The summed E-state index contributed by atoms with van der Waals surface area (Å²) < 4.78 is 13.8. The molecule has 2 heteroatoms. The minimum atomic E-state index is -0.172.